The molecule has 0 aliphatic heterocycles. The van der Waals surface area contributed by atoms with E-state index in [1.165, 1.54) is 30.2 Å². The maximum atomic E-state index is 13.5. The van der Waals surface area contributed by atoms with Gasteiger partial charge < -0.3 is 15.0 Å². The molecule has 0 aliphatic carbocycles. The molecule has 0 saturated heterocycles. The second kappa shape index (κ2) is 12.6. The maximum absolute atomic E-state index is 13.5. The zero-order valence-corrected chi connectivity index (χ0v) is 23.6. The molecule has 2 aromatic carbocycles. The van der Waals surface area contributed by atoms with Crippen molar-refractivity contribution in [1.82, 2.24) is 10.2 Å². The van der Waals surface area contributed by atoms with Gasteiger partial charge in [0, 0.05) is 17.1 Å². The van der Waals surface area contributed by atoms with Crippen molar-refractivity contribution < 1.29 is 22.7 Å². The average Bonchev–Trinajstić information content (AvgIpc) is 2.80. The summed E-state index contributed by atoms with van der Waals surface area (Å²) in [5.74, 6) is -0.470. The van der Waals surface area contributed by atoms with Crippen LogP contribution in [0.4, 0.5) is 5.69 Å². The number of sulfonamides is 1. The lowest BCUT2D eigenvalue weighted by molar-refractivity contribution is -0.139. The van der Waals surface area contributed by atoms with Crippen LogP contribution in [0.2, 0.25) is 5.02 Å². The summed E-state index contributed by atoms with van der Waals surface area (Å²) < 4.78 is 32.3. The van der Waals surface area contributed by atoms with Crippen LogP contribution in [0, 0.1) is 0 Å². The second-order valence-electron chi connectivity index (χ2n) is 8.23. The molecule has 0 aliphatic rings. The van der Waals surface area contributed by atoms with Crippen LogP contribution in [0.25, 0.3) is 0 Å². The second-order valence-corrected chi connectivity index (χ2v) is 11.5. The molecule has 11 heteroatoms. The van der Waals surface area contributed by atoms with E-state index in [4.69, 9.17) is 16.3 Å². The Kier molecular flexibility index (Phi) is 10.4. The minimum atomic E-state index is -3.85. The molecule has 2 rings (SSSR count). The normalized spacial score (nSPS) is 13.0. The van der Waals surface area contributed by atoms with Crippen molar-refractivity contribution in [3.8, 4) is 5.75 Å². The molecular formula is C24H31BrClN3O5S. The van der Waals surface area contributed by atoms with Crippen molar-refractivity contribution in [2.45, 2.75) is 45.8 Å². The van der Waals surface area contributed by atoms with Gasteiger partial charge in [-0.15, -0.1) is 0 Å². The number of nitrogens with zero attached hydrogens (tertiary/aromatic N) is 2. The molecule has 1 N–H and O–H groups in total. The highest BCUT2D eigenvalue weighted by Crippen LogP contribution is 2.30. The summed E-state index contributed by atoms with van der Waals surface area (Å²) in [5.41, 5.74) is 1.01. The van der Waals surface area contributed by atoms with Gasteiger partial charge in [-0.05, 0) is 56.2 Å². The van der Waals surface area contributed by atoms with Crippen LogP contribution in [-0.4, -0.2) is 57.1 Å². The summed E-state index contributed by atoms with van der Waals surface area (Å²) >= 11 is 9.58. The number of carbonyl (C=O) groups excluding carboxylic acids is 2. The first-order chi connectivity index (χ1) is 16.4. The van der Waals surface area contributed by atoms with Crippen LogP contribution in [0.5, 0.6) is 5.75 Å². The molecular weight excluding hydrogens is 558 g/mol. The van der Waals surface area contributed by atoms with Gasteiger partial charge >= 0.3 is 0 Å². The Balaban J connectivity index is 2.40. The number of hydrogen-bond donors (Lipinski definition) is 1. The van der Waals surface area contributed by atoms with Crippen molar-refractivity contribution in [3.63, 3.8) is 0 Å². The van der Waals surface area contributed by atoms with E-state index in [2.05, 4.69) is 21.2 Å². The molecule has 35 heavy (non-hydrogen) atoms. The Labute approximate surface area is 220 Å². The van der Waals surface area contributed by atoms with E-state index in [9.17, 15) is 18.0 Å². The number of methoxy groups -OCH3 is 1. The van der Waals surface area contributed by atoms with E-state index in [1.807, 2.05) is 38.1 Å². The summed E-state index contributed by atoms with van der Waals surface area (Å²) in [6.07, 6.45) is 1.75. The van der Waals surface area contributed by atoms with Crippen LogP contribution in [0.15, 0.2) is 46.9 Å². The SMILES string of the molecule is CC[C@@H](C)NC(=O)[C@H](C)N(Cc1ccc(Br)cc1)C(=O)CN(c1ccc(OC)c(Cl)c1)S(C)(=O)=O. The molecule has 0 spiro atoms. The average molecular weight is 589 g/mol. The monoisotopic (exact) mass is 587 g/mol. The lowest BCUT2D eigenvalue weighted by atomic mass is 10.1. The van der Waals surface area contributed by atoms with Crippen LogP contribution < -0.4 is 14.4 Å². The van der Waals surface area contributed by atoms with Gasteiger partial charge in [-0.2, -0.15) is 0 Å². The van der Waals surface area contributed by atoms with E-state index in [0.29, 0.717) is 5.75 Å². The maximum Gasteiger partial charge on any atom is 0.244 e. The number of ether oxygens (including phenoxy) is 1. The first-order valence-corrected chi connectivity index (χ1v) is 14.0. The molecule has 2 amide bonds. The fraction of sp³-hybridized carbons (Fsp3) is 0.417. The Morgan fingerprint density at radius 3 is 2.29 bits per heavy atom. The van der Waals surface area contributed by atoms with Crippen LogP contribution in [-0.2, 0) is 26.2 Å². The highest BCUT2D eigenvalue weighted by atomic mass is 79.9. The minimum Gasteiger partial charge on any atom is -0.495 e. The third-order valence-electron chi connectivity index (χ3n) is 5.54. The van der Waals surface area contributed by atoms with Crippen LogP contribution >= 0.6 is 27.5 Å². The molecule has 0 bridgehead atoms. The predicted molar refractivity (Wildman–Crippen MR) is 142 cm³/mol. The molecule has 2 atom stereocenters. The zero-order valence-electron chi connectivity index (χ0n) is 20.4. The number of halogens is 2. The number of carbonyl (C=O) groups is 2. The van der Waals surface area contributed by atoms with Gasteiger partial charge in [-0.3, -0.25) is 13.9 Å². The number of rotatable bonds is 11. The summed E-state index contributed by atoms with van der Waals surface area (Å²) in [5, 5.41) is 3.10. The highest BCUT2D eigenvalue weighted by Gasteiger charge is 2.30. The van der Waals surface area contributed by atoms with E-state index in [-0.39, 0.29) is 29.2 Å². The minimum absolute atomic E-state index is 0.0662. The van der Waals surface area contributed by atoms with Gasteiger partial charge in [0.1, 0.15) is 18.3 Å². The molecule has 2 aromatic rings. The van der Waals surface area contributed by atoms with Crippen molar-refractivity contribution in [2.24, 2.45) is 0 Å². The Hall–Kier alpha value is -2.30. The number of hydrogen-bond acceptors (Lipinski definition) is 5. The van der Waals surface area contributed by atoms with Crippen LogP contribution in [0.1, 0.15) is 32.8 Å². The van der Waals surface area contributed by atoms with Gasteiger partial charge in [0.15, 0.2) is 0 Å². The quantitative estimate of drug-likeness (QED) is 0.424. The van der Waals surface area contributed by atoms with Gasteiger partial charge in [0.05, 0.1) is 24.1 Å². The predicted octanol–water partition coefficient (Wildman–Crippen LogP) is 4.21. The Morgan fingerprint density at radius 2 is 1.77 bits per heavy atom. The molecule has 0 fully saturated rings. The fourth-order valence-corrected chi connectivity index (χ4v) is 4.62. The van der Waals surface area contributed by atoms with Crippen molar-refractivity contribution in [2.75, 3.05) is 24.2 Å². The number of nitrogens with one attached hydrogen (secondary N) is 1. The van der Waals surface area contributed by atoms with Crippen molar-refractivity contribution >= 4 is 55.1 Å². The summed E-state index contributed by atoms with van der Waals surface area (Å²) in [4.78, 5) is 27.8. The Morgan fingerprint density at radius 1 is 1.14 bits per heavy atom. The number of benzene rings is 2. The van der Waals surface area contributed by atoms with Gasteiger partial charge in [-0.1, -0.05) is 46.6 Å². The first kappa shape index (κ1) is 28.9. The van der Waals surface area contributed by atoms with E-state index in [0.717, 1.165) is 27.0 Å². The molecule has 8 nitrogen and oxygen atoms in total. The third kappa shape index (κ3) is 8.12. The van der Waals surface area contributed by atoms with Crippen molar-refractivity contribution in [1.29, 1.82) is 0 Å². The van der Waals surface area contributed by atoms with Crippen molar-refractivity contribution in [3.05, 3.63) is 57.5 Å². The molecule has 0 aromatic heterocycles. The Bertz CT molecular complexity index is 1140. The number of anilines is 1. The highest BCUT2D eigenvalue weighted by molar-refractivity contribution is 9.10. The molecule has 0 heterocycles. The molecule has 0 radical (unpaired) electrons. The van der Waals surface area contributed by atoms with Gasteiger partial charge in [0.2, 0.25) is 21.8 Å². The summed E-state index contributed by atoms with van der Waals surface area (Å²) in [7, 11) is -2.40. The first-order valence-electron chi connectivity index (χ1n) is 11.0. The molecule has 0 saturated carbocycles. The van der Waals surface area contributed by atoms with E-state index < -0.39 is 28.5 Å². The standard InChI is InChI=1S/C24H31BrClN3O5S/c1-6-16(2)27-24(31)17(3)28(14-18-7-9-19(25)10-8-18)23(30)15-29(35(5,32)33)20-11-12-22(34-4)21(26)13-20/h7-13,16-17H,6,14-15H2,1-5H3,(H,27,31)/t16-,17+/m1/s1. The smallest absolute Gasteiger partial charge is 0.244 e. The summed E-state index contributed by atoms with van der Waals surface area (Å²) in [6, 6.07) is 10.9. The lowest BCUT2D eigenvalue weighted by Gasteiger charge is -2.32. The van der Waals surface area contributed by atoms with Gasteiger partial charge in [-0.25, -0.2) is 8.42 Å². The molecule has 192 valence electrons. The molecule has 0 unspecified atom stereocenters. The summed E-state index contributed by atoms with van der Waals surface area (Å²) in [6.45, 7) is 5.08. The van der Waals surface area contributed by atoms with Gasteiger partial charge in [0.25, 0.3) is 0 Å². The fourth-order valence-electron chi connectivity index (χ4n) is 3.26. The van der Waals surface area contributed by atoms with E-state index in [1.54, 1.807) is 6.92 Å². The number of amides is 2. The van der Waals surface area contributed by atoms with Crippen LogP contribution in [0.3, 0.4) is 0 Å². The third-order valence-corrected chi connectivity index (χ3v) is 7.50. The topological polar surface area (TPSA) is 96.0 Å². The van der Waals surface area contributed by atoms with E-state index >= 15 is 0 Å². The zero-order chi connectivity index (χ0) is 26.3. The lowest BCUT2D eigenvalue weighted by Crippen LogP contribution is -2.52. The largest absolute Gasteiger partial charge is 0.495 e.